The van der Waals surface area contributed by atoms with Gasteiger partial charge in [0.2, 0.25) is 0 Å². The summed E-state index contributed by atoms with van der Waals surface area (Å²) in [6, 6.07) is 11.1. The fraction of sp³-hybridized carbons (Fsp3) is 0.188. The van der Waals surface area contributed by atoms with Gasteiger partial charge in [0.15, 0.2) is 0 Å². The SMILES string of the molecule is O=C(O)C1(Nc2ccc(F)cc2)Cc2ccc(Cl)cc2C1. The van der Waals surface area contributed by atoms with Gasteiger partial charge in [-0.2, -0.15) is 0 Å². The van der Waals surface area contributed by atoms with Crippen molar-refractivity contribution in [2.24, 2.45) is 0 Å². The number of benzene rings is 2. The number of anilines is 1. The Kier molecular flexibility index (Phi) is 3.33. The zero-order valence-electron chi connectivity index (χ0n) is 11.1. The smallest absolute Gasteiger partial charge is 0.330 e. The minimum atomic E-state index is -1.12. The van der Waals surface area contributed by atoms with E-state index in [4.69, 9.17) is 11.6 Å². The van der Waals surface area contributed by atoms with Crippen molar-refractivity contribution in [2.75, 3.05) is 5.32 Å². The van der Waals surface area contributed by atoms with E-state index in [0.717, 1.165) is 11.1 Å². The first-order chi connectivity index (χ1) is 9.98. The highest BCUT2D eigenvalue weighted by Gasteiger charge is 2.44. The lowest BCUT2D eigenvalue weighted by atomic mass is 9.95. The van der Waals surface area contributed by atoms with E-state index in [1.807, 2.05) is 6.07 Å². The highest BCUT2D eigenvalue weighted by Crippen LogP contribution is 2.34. The van der Waals surface area contributed by atoms with Gasteiger partial charge in [-0.25, -0.2) is 9.18 Å². The van der Waals surface area contributed by atoms with Crippen LogP contribution < -0.4 is 5.32 Å². The highest BCUT2D eigenvalue weighted by atomic mass is 35.5. The molecule has 1 aliphatic carbocycles. The largest absolute Gasteiger partial charge is 0.479 e. The van der Waals surface area contributed by atoms with Crippen LogP contribution in [-0.4, -0.2) is 16.6 Å². The van der Waals surface area contributed by atoms with Gasteiger partial charge in [-0.15, -0.1) is 0 Å². The van der Waals surface area contributed by atoms with Gasteiger partial charge in [0.1, 0.15) is 11.4 Å². The molecule has 0 heterocycles. The lowest BCUT2D eigenvalue weighted by molar-refractivity contribution is -0.142. The fourth-order valence-electron chi connectivity index (χ4n) is 2.75. The first-order valence-corrected chi connectivity index (χ1v) is 6.91. The average molecular weight is 306 g/mol. The van der Waals surface area contributed by atoms with Crippen LogP contribution in [0, 0.1) is 5.82 Å². The molecule has 3 rings (SSSR count). The van der Waals surface area contributed by atoms with Crippen LogP contribution in [-0.2, 0) is 17.6 Å². The molecule has 0 aromatic heterocycles. The standard InChI is InChI=1S/C16H13ClFNO2/c17-12-2-1-10-8-16(15(20)21,9-11(10)7-12)19-14-5-3-13(18)4-6-14/h1-7,19H,8-9H2,(H,20,21). The number of carboxylic acids is 1. The maximum absolute atomic E-state index is 13.0. The number of halogens is 2. The summed E-state index contributed by atoms with van der Waals surface area (Å²) >= 11 is 5.96. The molecule has 0 spiro atoms. The normalized spacial score (nSPS) is 20.1. The van der Waals surface area contributed by atoms with Crippen molar-refractivity contribution in [2.45, 2.75) is 18.4 Å². The Bertz CT molecular complexity index is 702. The molecule has 2 N–H and O–H groups in total. The molecule has 5 heteroatoms. The van der Waals surface area contributed by atoms with Crippen molar-refractivity contribution in [1.29, 1.82) is 0 Å². The van der Waals surface area contributed by atoms with Crippen molar-refractivity contribution in [3.8, 4) is 0 Å². The predicted molar refractivity (Wildman–Crippen MR) is 79.2 cm³/mol. The number of hydrogen-bond acceptors (Lipinski definition) is 2. The van der Waals surface area contributed by atoms with E-state index in [2.05, 4.69) is 5.32 Å². The molecule has 0 amide bonds. The molecule has 1 atom stereocenters. The quantitative estimate of drug-likeness (QED) is 0.912. The van der Waals surface area contributed by atoms with Crippen LogP contribution in [0.4, 0.5) is 10.1 Å². The van der Waals surface area contributed by atoms with E-state index in [0.29, 0.717) is 23.6 Å². The van der Waals surface area contributed by atoms with Crippen LogP contribution in [0.1, 0.15) is 11.1 Å². The number of nitrogens with one attached hydrogen (secondary N) is 1. The van der Waals surface area contributed by atoms with Gasteiger partial charge >= 0.3 is 5.97 Å². The van der Waals surface area contributed by atoms with Crippen LogP contribution >= 0.6 is 11.6 Å². The highest BCUT2D eigenvalue weighted by molar-refractivity contribution is 6.30. The van der Waals surface area contributed by atoms with Gasteiger partial charge in [-0.05, 0) is 47.5 Å². The van der Waals surface area contributed by atoms with Gasteiger partial charge in [-0.3, -0.25) is 0 Å². The molecular weight excluding hydrogens is 293 g/mol. The van der Waals surface area contributed by atoms with Gasteiger partial charge in [0, 0.05) is 23.6 Å². The Labute approximate surface area is 126 Å². The lowest BCUT2D eigenvalue weighted by Crippen LogP contribution is -2.47. The van der Waals surface area contributed by atoms with E-state index < -0.39 is 11.5 Å². The topological polar surface area (TPSA) is 49.3 Å². The van der Waals surface area contributed by atoms with Gasteiger partial charge in [-0.1, -0.05) is 17.7 Å². The minimum absolute atomic E-state index is 0.343. The summed E-state index contributed by atoms with van der Waals surface area (Å²) in [6.07, 6.45) is 0.710. The van der Waals surface area contributed by atoms with Crippen LogP contribution in [0.5, 0.6) is 0 Å². The summed E-state index contributed by atoms with van der Waals surface area (Å²) in [5, 5.41) is 13.3. The average Bonchev–Trinajstić information content (AvgIpc) is 2.80. The molecule has 2 aromatic rings. The van der Waals surface area contributed by atoms with Crippen LogP contribution in [0.25, 0.3) is 0 Å². The van der Waals surface area contributed by atoms with Crippen LogP contribution in [0.2, 0.25) is 5.02 Å². The second-order valence-corrected chi connectivity index (χ2v) is 5.72. The molecule has 0 aliphatic heterocycles. The van der Waals surface area contributed by atoms with Gasteiger partial charge < -0.3 is 10.4 Å². The molecule has 0 fully saturated rings. The van der Waals surface area contributed by atoms with E-state index in [9.17, 15) is 14.3 Å². The zero-order valence-corrected chi connectivity index (χ0v) is 11.8. The number of hydrogen-bond donors (Lipinski definition) is 2. The molecule has 1 aliphatic rings. The lowest BCUT2D eigenvalue weighted by Gasteiger charge is -2.26. The molecular formula is C16H13ClFNO2. The summed E-state index contributed by atoms with van der Waals surface area (Å²) in [5.41, 5.74) is 1.36. The molecule has 0 saturated carbocycles. The Morgan fingerprint density at radius 2 is 1.81 bits per heavy atom. The van der Waals surface area contributed by atoms with Crippen molar-refractivity contribution >= 4 is 23.3 Å². The maximum atomic E-state index is 13.0. The number of aliphatic carboxylic acids is 1. The first kappa shape index (κ1) is 13.9. The van der Waals surface area contributed by atoms with Crippen LogP contribution in [0.3, 0.4) is 0 Å². The Morgan fingerprint density at radius 3 is 2.48 bits per heavy atom. The molecule has 0 saturated heterocycles. The predicted octanol–water partition coefficient (Wildman–Crippen LogP) is 3.51. The van der Waals surface area contributed by atoms with E-state index in [-0.39, 0.29) is 5.82 Å². The third kappa shape index (κ3) is 2.59. The third-order valence-corrected chi connectivity index (χ3v) is 4.03. The zero-order chi connectivity index (χ0) is 15.0. The van der Waals surface area contributed by atoms with E-state index >= 15 is 0 Å². The second-order valence-electron chi connectivity index (χ2n) is 5.29. The third-order valence-electron chi connectivity index (χ3n) is 3.79. The number of fused-ring (bicyclic) bond motifs is 1. The summed E-state index contributed by atoms with van der Waals surface area (Å²) in [6.45, 7) is 0. The number of rotatable bonds is 3. The van der Waals surface area contributed by atoms with E-state index in [1.54, 1.807) is 12.1 Å². The molecule has 0 radical (unpaired) electrons. The molecule has 2 aromatic carbocycles. The second kappa shape index (κ2) is 5.04. The summed E-state index contributed by atoms with van der Waals surface area (Å²) < 4.78 is 13.0. The first-order valence-electron chi connectivity index (χ1n) is 6.53. The fourth-order valence-corrected chi connectivity index (χ4v) is 2.94. The maximum Gasteiger partial charge on any atom is 0.330 e. The molecule has 1 unspecified atom stereocenters. The van der Waals surface area contributed by atoms with Crippen LogP contribution in [0.15, 0.2) is 42.5 Å². The Hall–Kier alpha value is -2.07. The van der Waals surface area contributed by atoms with Crippen molar-refractivity contribution in [1.82, 2.24) is 0 Å². The summed E-state index contributed by atoms with van der Waals surface area (Å²) in [5.74, 6) is -1.29. The van der Waals surface area contributed by atoms with Gasteiger partial charge in [0.05, 0.1) is 0 Å². The monoisotopic (exact) mass is 305 g/mol. The Morgan fingerprint density at radius 1 is 1.14 bits per heavy atom. The number of carboxylic acid groups (broad SMARTS) is 1. The molecule has 3 nitrogen and oxygen atoms in total. The van der Waals surface area contributed by atoms with Crippen molar-refractivity contribution < 1.29 is 14.3 Å². The molecule has 21 heavy (non-hydrogen) atoms. The summed E-state index contributed by atoms with van der Waals surface area (Å²) in [7, 11) is 0. The Balaban J connectivity index is 1.93. The van der Waals surface area contributed by atoms with E-state index in [1.165, 1.54) is 24.3 Å². The number of carbonyl (C=O) groups is 1. The summed E-state index contributed by atoms with van der Waals surface area (Å²) in [4.78, 5) is 11.8. The molecule has 108 valence electrons. The van der Waals surface area contributed by atoms with Gasteiger partial charge in [0.25, 0.3) is 0 Å². The van der Waals surface area contributed by atoms with Crippen molar-refractivity contribution in [3.63, 3.8) is 0 Å². The molecule has 0 bridgehead atoms. The van der Waals surface area contributed by atoms with Crippen molar-refractivity contribution in [3.05, 3.63) is 64.4 Å². The minimum Gasteiger partial charge on any atom is -0.479 e.